The molecule has 3 rings (SSSR count). The number of rotatable bonds is 2. The normalized spacial score (nSPS) is 20.9. The van der Waals surface area contributed by atoms with Gasteiger partial charge < -0.3 is 20.0 Å². The Balaban J connectivity index is 2.08. The first-order valence-electron chi connectivity index (χ1n) is 5.85. The van der Waals surface area contributed by atoms with Gasteiger partial charge in [0, 0.05) is 18.2 Å². The maximum absolute atomic E-state index is 12.3. The topological polar surface area (TPSA) is 88.1 Å². The Kier molecular flexibility index (Phi) is 2.56. The van der Waals surface area contributed by atoms with Gasteiger partial charge in [0.2, 0.25) is 6.79 Å². The first kappa shape index (κ1) is 11.8. The lowest BCUT2D eigenvalue weighted by atomic mass is 9.99. The highest BCUT2D eigenvalue weighted by Crippen LogP contribution is 2.39. The Hall–Kier alpha value is -2.28. The molecule has 100 valence electrons. The fourth-order valence-electron chi connectivity index (χ4n) is 2.25. The van der Waals surface area contributed by atoms with Gasteiger partial charge >= 0.3 is 5.97 Å². The minimum Gasteiger partial charge on any atom is -0.480 e. The van der Waals surface area contributed by atoms with Crippen molar-refractivity contribution in [1.82, 2.24) is 5.01 Å². The molecule has 0 saturated carbocycles. The number of nitrogens with zero attached hydrogens (tertiary/aromatic N) is 1. The number of ether oxygens (including phenoxy) is 2. The number of hydrogen-bond acceptors (Lipinski definition) is 6. The number of fused-ring (bicyclic) bond motifs is 2. The van der Waals surface area contributed by atoms with E-state index in [9.17, 15) is 14.7 Å². The van der Waals surface area contributed by atoms with Crippen molar-refractivity contribution in [2.75, 3.05) is 18.8 Å². The number of carbonyl (C=O) groups is 2. The largest absolute Gasteiger partial charge is 0.480 e. The Bertz CT molecular complexity index is 571. The number of hydrazine groups is 1. The van der Waals surface area contributed by atoms with Gasteiger partial charge in [-0.25, -0.2) is 9.80 Å². The van der Waals surface area contributed by atoms with Crippen LogP contribution in [0.2, 0.25) is 0 Å². The molecule has 1 aromatic carbocycles. The summed E-state index contributed by atoms with van der Waals surface area (Å²) < 4.78 is 10.4. The lowest BCUT2D eigenvalue weighted by Crippen LogP contribution is -2.52. The Morgan fingerprint density at radius 1 is 1.47 bits per heavy atom. The van der Waals surface area contributed by atoms with Crippen molar-refractivity contribution in [1.29, 1.82) is 0 Å². The van der Waals surface area contributed by atoms with Gasteiger partial charge in [-0.3, -0.25) is 4.79 Å². The number of hydrogen-bond donors (Lipinski definition) is 2. The number of ketones is 1. The third-order valence-corrected chi connectivity index (χ3v) is 3.18. The lowest BCUT2D eigenvalue weighted by Gasteiger charge is -2.33. The molecule has 0 aromatic heterocycles. The van der Waals surface area contributed by atoms with Gasteiger partial charge in [-0.1, -0.05) is 6.92 Å². The monoisotopic (exact) mass is 264 g/mol. The molecule has 1 atom stereocenters. The number of carbonyl (C=O) groups excluding carboxylic acids is 1. The molecule has 0 saturated heterocycles. The average molecular weight is 264 g/mol. The van der Waals surface area contributed by atoms with E-state index in [-0.39, 0.29) is 6.79 Å². The summed E-state index contributed by atoms with van der Waals surface area (Å²) in [6.45, 7) is 2.26. The fraction of sp³-hybridized carbons (Fsp3) is 0.333. The minimum absolute atomic E-state index is 0.103. The molecule has 2 heterocycles. The third kappa shape index (κ3) is 1.70. The predicted octanol–water partition coefficient (Wildman–Crippen LogP) is 0.714. The molecule has 2 aliphatic heterocycles. The van der Waals surface area contributed by atoms with E-state index in [0.717, 1.165) is 0 Å². The quantitative estimate of drug-likeness (QED) is 0.760. The Morgan fingerprint density at radius 2 is 2.16 bits per heavy atom. The molecule has 2 aliphatic rings. The highest BCUT2D eigenvalue weighted by Gasteiger charge is 2.39. The highest BCUT2D eigenvalue weighted by atomic mass is 16.7. The number of nitrogens with one attached hydrogen (secondary N) is 1. The smallest absolute Gasteiger partial charge is 0.330 e. The van der Waals surface area contributed by atoms with Gasteiger partial charge in [0.15, 0.2) is 23.3 Å². The summed E-state index contributed by atoms with van der Waals surface area (Å²) in [6, 6.07) is 1.95. The van der Waals surface area contributed by atoms with Crippen molar-refractivity contribution in [2.24, 2.45) is 0 Å². The molecule has 0 bridgehead atoms. The van der Waals surface area contributed by atoms with Gasteiger partial charge in [0.25, 0.3) is 0 Å². The van der Waals surface area contributed by atoms with Gasteiger partial charge in [-0.15, -0.1) is 0 Å². The van der Waals surface area contributed by atoms with Crippen LogP contribution in [0.1, 0.15) is 17.3 Å². The summed E-state index contributed by atoms with van der Waals surface area (Å²) in [5.41, 5.74) is 3.78. The van der Waals surface area contributed by atoms with Gasteiger partial charge in [0.05, 0.1) is 5.69 Å². The summed E-state index contributed by atoms with van der Waals surface area (Å²) >= 11 is 0. The highest BCUT2D eigenvalue weighted by molar-refractivity contribution is 6.15. The Morgan fingerprint density at radius 3 is 2.79 bits per heavy atom. The molecular weight excluding hydrogens is 252 g/mol. The number of carboxylic acid groups (broad SMARTS) is 1. The molecule has 0 amide bonds. The molecule has 1 aromatic rings. The van der Waals surface area contributed by atoms with Crippen molar-refractivity contribution >= 4 is 17.4 Å². The van der Waals surface area contributed by atoms with Crippen molar-refractivity contribution in [3.63, 3.8) is 0 Å². The molecular formula is C12H12N2O5. The summed E-state index contributed by atoms with van der Waals surface area (Å²) in [7, 11) is 0. The molecule has 7 nitrogen and oxygen atoms in total. The number of aliphatic carboxylic acids is 1. The van der Waals surface area contributed by atoms with Crippen LogP contribution in [0.25, 0.3) is 0 Å². The van der Waals surface area contributed by atoms with Crippen LogP contribution < -0.4 is 14.9 Å². The zero-order chi connectivity index (χ0) is 13.6. The van der Waals surface area contributed by atoms with Gasteiger partial charge in [-0.2, -0.15) is 0 Å². The summed E-state index contributed by atoms with van der Waals surface area (Å²) in [5, 5.41) is 10.6. The maximum Gasteiger partial charge on any atom is 0.330 e. The van der Waals surface area contributed by atoms with E-state index in [2.05, 4.69) is 5.43 Å². The fourth-order valence-corrected chi connectivity index (χ4v) is 2.25. The number of benzene rings is 1. The number of likely N-dealkylation sites (N-methyl/N-ethyl adjacent to an activating group) is 1. The van der Waals surface area contributed by atoms with Crippen molar-refractivity contribution in [3.8, 4) is 11.5 Å². The van der Waals surface area contributed by atoms with E-state index in [1.807, 2.05) is 0 Å². The molecule has 0 radical (unpaired) electrons. The Labute approximate surface area is 108 Å². The van der Waals surface area contributed by atoms with E-state index in [0.29, 0.717) is 29.3 Å². The van der Waals surface area contributed by atoms with Crippen LogP contribution in [-0.2, 0) is 4.79 Å². The zero-order valence-electron chi connectivity index (χ0n) is 10.2. The molecule has 0 aliphatic carbocycles. The molecule has 7 heteroatoms. The van der Waals surface area contributed by atoms with E-state index in [4.69, 9.17) is 9.47 Å². The van der Waals surface area contributed by atoms with E-state index < -0.39 is 17.8 Å². The van der Waals surface area contributed by atoms with Crippen molar-refractivity contribution in [3.05, 3.63) is 17.7 Å². The van der Waals surface area contributed by atoms with Crippen molar-refractivity contribution in [2.45, 2.75) is 13.0 Å². The molecule has 0 spiro atoms. The SMILES string of the molecule is CCN1Nc2cc3c(cc2C(=O)C1C(=O)O)OCO3. The van der Waals surface area contributed by atoms with Crippen LogP contribution in [0, 0.1) is 0 Å². The predicted molar refractivity (Wildman–Crippen MR) is 64.3 cm³/mol. The van der Waals surface area contributed by atoms with Gasteiger partial charge in [-0.05, 0) is 6.07 Å². The van der Waals surface area contributed by atoms with E-state index >= 15 is 0 Å². The van der Waals surface area contributed by atoms with E-state index in [1.54, 1.807) is 13.0 Å². The lowest BCUT2D eigenvalue weighted by molar-refractivity contribution is -0.140. The van der Waals surface area contributed by atoms with Crippen LogP contribution in [-0.4, -0.2) is 41.2 Å². The number of Topliss-reactive ketones (excluding diaryl/α,β-unsaturated/α-hetero) is 1. The second kappa shape index (κ2) is 4.13. The zero-order valence-corrected chi connectivity index (χ0v) is 10.2. The van der Waals surface area contributed by atoms with Crippen LogP contribution in [0.15, 0.2) is 12.1 Å². The molecule has 19 heavy (non-hydrogen) atoms. The standard InChI is InChI=1S/C12H12N2O5/c1-2-14-10(12(16)17)11(15)6-3-8-9(19-5-18-8)4-7(6)13-14/h3-4,10,13H,2,5H2,1H3,(H,16,17). The summed E-state index contributed by atoms with van der Waals surface area (Å²) in [6.07, 6.45) is 0. The first-order chi connectivity index (χ1) is 9.11. The van der Waals surface area contributed by atoms with E-state index in [1.165, 1.54) is 11.1 Å². The average Bonchev–Trinajstić information content (AvgIpc) is 2.82. The summed E-state index contributed by atoms with van der Waals surface area (Å²) in [5.74, 6) is -0.629. The third-order valence-electron chi connectivity index (χ3n) is 3.18. The maximum atomic E-state index is 12.3. The second-order valence-corrected chi connectivity index (χ2v) is 4.25. The van der Waals surface area contributed by atoms with Crippen LogP contribution in [0.4, 0.5) is 5.69 Å². The number of anilines is 1. The van der Waals surface area contributed by atoms with Crippen LogP contribution >= 0.6 is 0 Å². The first-order valence-corrected chi connectivity index (χ1v) is 5.85. The molecule has 0 fully saturated rings. The van der Waals surface area contributed by atoms with Crippen molar-refractivity contribution < 1.29 is 24.2 Å². The minimum atomic E-state index is -1.22. The van der Waals surface area contributed by atoms with Crippen LogP contribution in [0.3, 0.4) is 0 Å². The van der Waals surface area contributed by atoms with Crippen LogP contribution in [0.5, 0.6) is 11.5 Å². The summed E-state index contributed by atoms with van der Waals surface area (Å²) in [4.78, 5) is 23.5. The van der Waals surface area contributed by atoms with Gasteiger partial charge in [0.1, 0.15) is 0 Å². The molecule has 1 unspecified atom stereocenters. The second-order valence-electron chi connectivity index (χ2n) is 4.25. The number of carboxylic acids is 1. The molecule has 2 N–H and O–H groups in total.